The van der Waals surface area contributed by atoms with Gasteiger partial charge in [0.1, 0.15) is 0 Å². The number of benzene rings is 2. The molecule has 28 heavy (non-hydrogen) atoms. The maximum Gasteiger partial charge on any atom is 0.255 e. The Morgan fingerprint density at radius 3 is 2.39 bits per heavy atom. The van der Waals surface area contributed by atoms with Crippen LogP contribution in [-0.4, -0.2) is 22.9 Å². The van der Waals surface area contributed by atoms with Gasteiger partial charge in [-0.3, -0.25) is 4.79 Å². The van der Waals surface area contributed by atoms with Crippen molar-refractivity contribution in [3.05, 3.63) is 73.7 Å². The van der Waals surface area contributed by atoms with Gasteiger partial charge in [-0.1, -0.05) is 51.3 Å². The minimum Gasteiger partial charge on any atom is -0.329 e. The smallest absolute Gasteiger partial charge is 0.255 e. The fourth-order valence-electron chi connectivity index (χ4n) is 5.09. The van der Waals surface area contributed by atoms with E-state index in [2.05, 4.69) is 45.1 Å². The van der Waals surface area contributed by atoms with Crippen molar-refractivity contribution in [2.45, 2.75) is 37.6 Å². The van der Waals surface area contributed by atoms with Crippen LogP contribution >= 0.6 is 39.1 Å². The molecule has 144 valence electrons. The average molecular weight is 477 g/mol. The summed E-state index contributed by atoms with van der Waals surface area (Å²) in [5.74, 6) is 0.644. The summed E-state index contributed by atoms with van der Waals surface area (Å²) < 4.78 is 1.08. The monoisotopic (exact) mass is 475 g/mol. The first-order valence-electron chi connectivity index (χ1n) is 9.75. The summed E-state index contributed by atoms with van der Waals surface area (Å²) in [6.07, 6.45) is 5.28. The van der Waals surface area contributed by atoms with Gasteiger partial charge >= 0.3 is 0 Å². The van der Waals surface area contributed by atoms with E-state index in [1.165, 1.54) is 11.1 Å². The van der Waals surface area contributed by atoms with Crippen LogP contribution in [0.4, 0.5) is 0 Å². The van der Waals surface area contributed by atoms with E-state index in [1.807, 2.05) is 12.1 Å². The van der Waals surface area contributed by atoms with Crippen LogP contribution in [0.5, 0.6) is 0 Å². The quantitative estimate of drug-likeness (QED) is 0.490. The Bertz CT molecular complexity index is 976. The lowest BCUT2D eigenvalue weighted by Gasteiger charge is -2.36. The van der Waals surface area contributed by atoms with Gasteiger partial charge in [0.15, 0.2) is 0 Å². The van der Waals surface area contributed by atoms with Crippen molar-refractivity contribution in [2.75, 3.05) is 6.54 Å². The molecule has 2 aromatic rings. The molecule has 2 aliphatic heterocycles. The third kappa shape index (κ3) is 3.03. The molecule has 0 unspecified atom stereocenters. The van der Waals surface area contributed by atoms with Crippen molar-refractivity contribution >= 4 is 50.6 Å². The molecule has 3 aliphatic rings. The van der Waals surface area contributed by atoms with Crippen molar-refractivity contribution in [3.63, 3.8) is 0 Å². The summed E-state index contributed by atoms with van der Waals surface area (Å²) in [5, 5.41) is 1.15. The van der Waals surface area contributed by atoms with Crippen molar-refractivity contribution in [1.29, 1.82) is 0 Å². The highest BCUT2D eigenvalue weighted by Gasteiger charge is 2.57. The molecule has 2 fully saturated rings. The van der Waals surface area contributed by atoms with E-state index in [4.69, 9.17) is 23.2 Å². The number of hydrogen-bond donors (Lipinski definition) is 0. The zero-order chi connectivity index (χ0) is 19.5. The van der Waals surface area contributed by atoms with E-state index in [9.17, 15) is 4.79 Å². The molecule has 0 N–H and O–H groups in total. The van der Waals surface area contributed by atoms with Gasteiger partial charge < -0.3 is 4.90 Å². The number of halogens is 3. The topological polar surface area (TPSA) is 20.3 Å². The van der Waals surface area contributed by atoms with Crippen molar-refractivity contribution in [2.24, 2.45) is 5.92 Å². The van der Waals surface area contributed by atoms with Crippen molar-refractivity contribution < 1.29 is 4.79 Å². The van der Waals surface area contributed by atoms with E-state index in [0.717, 1.165) is 54.3 Å². The number of nitrogens with zero attached hydrogens (tertiary/aromatic N) is 1. The fraction of sp³-hybridized carbons (Fsp3) is 0.348. The molecule has 1 saturated carbocycles. The number of hydrogen-bond acceptors (Lipinski definition) is 1. The number of carbonyl (C=O) groups excluding carboxylic acids is 1. The van der Waals surface area contributed by atoms with E-state index in [-0.39, 0.29) is 11.4 Å². The summed E-state index contributed by atoms with van der Waals surface area (Å²) in [6, 6.07) is 14.0. The third-order valence-corrected chi connectivity index (χ3v) is 7.23. The predicted octanol–water partition coefficient (Wildman–Crippen LogP) is 6.54. The van der Waals surface area contributed by atoms with Crippen LogP contribution in [-0.2, 0) is 11.2 Å². The first-order valence-corrected chi connectivity index (χ1v) is 11.3. The van der Waals surface area contributed by atoms with Crippen molar-refractivity contribution in [1.82, 2.24) is 4.90 Å². The molecule has 0 aromatic heterocycles. The molecule has 0 spiro atoms. The molecule has 5 heteroatoms. The van der Waals surface area contributed by atoms with Gasteiger partial charge in [0, 0.05) is 26.6 Å². The molecule has 2 nitrogen and oxygen atoms in total. The zero-order valence-electron chi connectivity index (χ0n) is 15.4. The molecule has 1 amide bonds. The van der Waals surface area contributed by atoms with E-state index < -0.39 is 0 Å². The van der Waals surface area contributed by atoms with Gasteiger partial charge in [-0.15, -0.1) is 0 Å². The highest BCUT2D eigenvalue weighted by atomic mass is 79.9. The van der Waals surface area contributed by atoms with E-state index >= 15 is 0 Å². The van der Waals surface area contributed by atoms with E-state index in [0.29, 0.717) is 16.0 Å². The number of fused-ring (bicyclic) bond motifs is 1. The summed E-state index contributed by atoms with van der Waals surface area (Å²) in [4.78, 5) is 15.7. The Morgan fingerprint density at radius 2 is 1.75 bits per heavy atom. The molecule has 1 aliphatic carbocycles. The molecule has 0 bridgehead atoms. The predicted molar refractivity (Wildman–Crippen MR) is 118 cm³/mol. The number of rotatable bonds is 4. The summed E-state index contributed by atoms with van der Waals surface area (Å²) in [6.45, 7) is 0.823. The van der Waals surface area contributed by atoms with Crippen LogP contribution in [0.3, 0.4) is 0 Å². The van der Waals surface area contributed by atoms with Crippen LogP contribution < -0.4 is 0 Å². The molecule has 1 saturated heterocycles. The molecule has 2 heterocycles. The number of carbonyl (C=O) groups is 1. The molecule has 1 atom stereocenters. The van der Waals surface area contributed by atoms with Gasteiger partial charge in [-0.2, -0.15) is 0 Å². The minimum atomic E-state index is -0.198. The van der Waals surface area contributed by atoms with Gasteiger partial charge in [0.25, 0.3) is 5.91 Å². The standard InChI is InChI=1S/C23H20BrCl2NO/c24-17-6-2-14(3-7-17)13-23-8-1-9-27(23)22(28)20(21(23)15-4-5-15)16-10-18(25)12-19(26)11-16/h2-3,6-7,10-12,15H,1,4-5,8-9,13H2/t23-/m1/s1. The van der Waals surface area contributed by atoms with Gasteiger partial charge in [-0.05, 0) is 85.1 Å². The fourth-order valence-corrected chi connectivity index (χ4v) is 5.88. The maximum absolute atomic E-state index is 13.6. The Labute approximate surface area is 183 Å². The lowest BCUT2D eigenvalue weighted by Crippen LogP contribution is -2.45. The minimum absolute atomic E-state index is 0.148. The van der Waals surface area contributed by atoms with Crippen LogP contribution in [0.2, 0.25) is 10.0 Å². The Morgan fingerprint density at radius 1 is 1.07 bits per heavy atom. The van der Waals surface area contributed by atoms with Crippen LogP contribution in [0.15, 0.2) is 52.5 Å². The molecule has 0 radical (unpaired) electrons. The average Bonchev–Trinajstić information content (AvgIpc) is 3.34. The lowest BCUT2D eigenvalue weighted by atomic mass is 9.78. The first kappa shape index (κ1) is 18.7. The third-order valence-electron chi connectivity index (χ3n) is 6.27. The number of amides is 1. The lowest BCUT2D eigenvalue weighted by molar-refractivity contribution is -0.126. The second-order valence-electron chi connectivity index (χ2n) is 8.12. The highest BCUT2D eigenvalue weighted by molar-refractivity contribution is 9.10. The largest absolute Gasteiger partial charge is 0.329 e. The van der Waals surface area contributed by atoms with Crippen LogP contribution in [0.1, 0.15) is 36.8 Å². The SMILES string of the molecule is O=C1C(c2cc(Cl)cc(Cl)c2)=C(C2CC2)[C@]2(Cc3ccc(Br)cc3)CCCN12. The molecule has 5 rings (SSSR count). The second kappa shape index (κ2) is 6.90. The highest BCUT2D eigenvalue weighted by Crippen LogP contribution is 2.56. The first-order chi connectivity index (χ1) is 13.5. The van der Waals surface area contributed by atoms with Crippen LogP contribution in [0.25, 0.3) is 5.57 Å². The Hall–Kier alpha value is -1.29. The Kier molecular flexibility index (Phi) is 4.61. The Balaban J connectivity index is 1.67. The summed E-state index contributed by atoms with van der Waals surface area (Å²) >= 11 is 16.1. The molecular weight excluding hydrogens is 457 g/mol. The molecular formula is C23H20BrCl2NO. The van der Waals surface area contributed by atoms with Gasteiger partial charge in [-0.25, -0.2) is 0 Å². The van der Waals surface area contributed by atoms with Gasteiger partial charge in [0.2, 0.25) is 0 Å². The van der Waals surface area contributed by atoms with Crippen molar-refractivity contribution in [3.8, 4) is 0 Å². The van der Waals surface area contributed by atoms with Crippen LogP contribution in [0, 0.1) is 5.92 Å². The molecule has 2 aromatic carbocycles. The second-order valence-corrected chi connectivity index (χ2v) is 9.90. The van der Waals surface area contributed by atoms with E-state index in [1.54, 1.807) is 6.07 Å². The summed E-state index contributed by atoms with van der Waals surface area (Å²) in [7, 11) is 0. The maximum atomic E-state index is 13.6. The van der Waals surface area contributed by atoms with Gasteiger partial charge in [0.05, 0.1) is 5.54 Å². The zero-order valence-corrected chi connectivity index (χ0v) is 18.4. The normalized spacial score (nSPS) is 24.2. The summed E-state index contributed by atoms with van der Waals surface area (Å²) in [5.41, 5.74) is 4.12.